The summed E-state index contributed by atoms with van der Waals surface area (Å²) in [6.07, 6.45) is 1.08. The number of rotatable bonds is 20. The van der Waals surface area contributed by atoms with Crippen molar-refractivity contribution in [2.75, 3.05) is 79.5 Å². The van der Waals surface area contributed by atoms with Gasteiger partial charge in [0.25, 0.3) is 0 Å². The summed E-state index contributed by atoms with van der Waals surface area (Å²) >= 11 is 6.22. The Labute approximate surface area is 368 Å². The number of aryl methyl sites for hydroxylation is 4. The van der Waals surface area contributed by atoms with Gasteiger partial charge < -0.3 is 23.5 Å². The normalized spacial score (nSPS) is 15.8. The van der Waals surface area contributed by atoms with Crippen LogP contribution >= 0.6 is 11.6 Å². The minimum Gasteiger partial charge on any atom is -0.497 e. The molecule has 3 aromatic carbocycles. The molecule has 4 heterocycles. The Morgan fingerprint density at radius 3 is 2.23 bits per heavy atom. The first-order chi connectivity index (χ1) is 29.9. The standard InChI is InChI=1S/C45H54ClN7O8S/c1-30-8-9-35(43-31(2)50-61-32(43)3)27-42(30)62(55,56)52-18-16-51(17-19-52)20-22-59-24-26-60-25-23-58-21-6-7-37(54)28-40-45-49-48-33(4)53(45)41-15-14-38(57-5)29-39(41)44(47-40)34-10-12-36(46)13-11-34/h8-15,27,29,40H,6-7,16-26,28H2,1-5H3/t40-/m0/s1. The second-order valence-electron chi connectivity index (χ2n) is 15.4. The third-order valence-corrected chi connectivity index (χ3v) is 13.5. The lowest BCUT2D eigenvalue weighted by Gasteiger charge is -2.34. The molecule has 0 spiro atoms. The molecule has 1 atom stereocenters. The number of methoxy groups -OCH3 is 1. The lowest BCUT2D eigenvalue weighted by Crippen LogP contribution is -2.49. The van der Waals surface area contributed by atoms with Gasteiger partial charge in [-0.2, -0.15) is 4.31 Å². The number of ether oxygens (including phenoxy) is 4. The van der Waals surface area contributed by atoms with Gasteiger partial charge in [-0.15, -0.1) is 10.2 Å². The third kappa shape index (κ3) is 10.5. The maximum absolute atomic E-state index is 13.7. The largest absolute Gasteiger partial charge is 0.497 e. The van der Waals surface area contributed by atoms with Gasteiger partial charge in [0.2, 0.25) is 10.0 Å². The van der Waals surface area contributed by atoms with E-state index in [9.17, 15) is 13.2 Å². The van der Waals surface area contributed by atoms with Crippen molar-refractivity contribution in [3.63, 3.8) is 0 Å². The molecule has 1 fully saturated rings. The molecule has 0 bridgehead atoms. The van der Waals surface area contributed by atoms with Crippen LogP contribution in [0, 0.1) is 27.7 Å². The number of piperazine rings is 1. The highest BCUT2D eigenvalue weighted by Gasteiger charge is 2.32. The molecule has 1 saturated heterocycles. The number of nitrogens with zero attached hydrogens (tertiary/aromatic N) is 7. The second kappa shape index (κ2) is 20.6. The zero-order chi connectivity index (χ0) is 43.8. The van der Waals surface area contributed by atoms with Crippen LogP contribution < -0.4 is 4.74 Å². The van der Waals surface area contributed by atoms with Gasteiger partial charge in [-0.25, -0.2) is 8.42 Å². The van der Waals surface area contributed by atoms with Crippen LogP contribution in [0.4, 0.5) is 0 Å². The van der Waals surface area contributed by atoms with Gasteiger partial charge in [0.1, 0.15) is 29.2 Å². The van der Waals surface area contributed by atoms with E-state index in [2.05, 4.69) is 20.3 Å². The summed E-state index contributed by atoms with van der Waals surface area (Å²) in [5, 5.41) is 13.5. The highest BCUT2D eigenvalue weighted by molar-refractivity contribution is 7.89. The van der Waals surface area contributed by atoms with Gasteiger partial charge in [0.15, 0.2) is 5.82 Å². The molecule has 17 heteroatoms. The fourth-order valence-electron chi connectivity index (χ4n) is 7.86. The van der Waals surface area contributed by atoms with Crippen molar-refractivity contribution in [3.05, 3.63) is 105 Å². The van der Waals surface area contributed by atoms with Gasteiger partial charge in [-0.3, -0.25) is 19.3 Å². The molecule has 0 aliphatic carbocycles. The van der Waals surface area contributed by atoms with Gasteiger partial charge >= 0.3 is 0 Å². The van der Waals surface area contributed by atoms with Crippen molar-refractivity contribution in [1.82, 2.24) is 29.1 Å². The summed E-state index contributed by atoms with van der Waals surface area (Å²) in [4.78, 5) is 21.0. The van der Waals surface area contributed by atoms with E-state index in [0.29, 0.717) is 124 Å². The number of halogens is 1. The van der Waals surface area contributed by atoms with Crippen molar-refractivity contribution in [1.29, 1.82) is 0 Å². The van der Waals surface area contributed by atoms with Crippen LogP contribution in [-0.2, 0) is 29.0 Å². The molecule has 7 rings (SSSR count). The molecule has 62 heavy (non-hydrogen) atoms. The van der Waals surface area contributed by atoms with Gasteiger partial charge in [-0.1, -0.05) is 41.0 Å². The molecule has 0 radical (unpaired) electrons. The molecular formula is C45H54ClN7O8S. The number of hydrogen-bond donors (Lipinski definition) is 0. The molecule has 5 aromatic rings. The van der Waals surface area contributed by atoms with Gasteiger partial charge in [0, 0.05) is 73.9 Å². The predicted octanol–water partition coefficient (Wildman–Crippen LogP) is 6.51. The number of Topliss-reactive ketones (excluding diaryl/α,β-unsaturated/α-hetero) is 1. The summed E-state index contributed by atoms with van der Waals surface area (Å²) in [7, 11) is -2.05. The van der Waals surface area contributed by atoms with Crippen LogP contribution in [0.3, 0.4) is 0 Å². The summed E-state index contributed by atoms with van der Waals surface area (Å²) in [5.41, 5.74) is 6.33. The smallest absolute Gasteiger partial charge is 0.243 e. The Balaban J connectivity index is 0.781. The van der Waals surface area contributed by atoms with Crippen LogP contribution in [-0.4, -0.2) is 129 Å². The van der Waals surface area contributed by atoms with E-state index >= 15 is 0 Å². The van der Waals surface area contributed by atoms with E-state index in [1.54, 1.807) is 17.5 Å². The first-order valence-corrected chi connectivity index (χ1v) is 22.7. The van der Waals surface area contributed by atoms with E-state index in [1.807, 2.05) is 86.9 Å². The molecule has 0 amide bonds. The molecule has 330 valence electrons. The van der Waals surface area contributed by atoms with Crippen LogP contribution in [0.5, 0.6) is 5.75 Å². The number of sulfonamides is 1. The Morgan fingerprint density at radius 1 is 0.839 bits per heavy atom. The fraction of sp³-hybridized carbons (Fsp3) is 0.444. The number of fused-ring (bicyclic) bond motifs is 3. The monoisotopic (exact) mass is 887 g/mol. The molecule has 0 unspecified atom stereocenters. The number of carbonyl (C=O) groups is 1. The van der Waals surface area contributed by atoms with E-state index in [0.717, 1.165) is 39.3 Å². The third-order valence-electron chi connectivity index (χ3n) is 11.2. The lowest BCUT2D eigenvalue weighted by molar-refractivity contribution is -0.119. The minimum absolute atomic E-state index is 0.0553. The Bertz CT molecular complexity index is 2460. The Morgan fingerprint density at radius 2 is 1.53 bits per heavy atom. The summed E-state index contributed by atoms with van der Waals surface area (Å²) < 4.78 is 59.0. The highest BCUT2D eigenvalue weighted by Crippen LogP contribution is 2.35. The first-order valence-electron chi connectivity index (χ1n) is 20.9. The first kappa shape index (κ1) is 45.2. The van der Waals surface area contributed by atoms with Crippen molar-refractivity contribution < 1.29 is 36.7 Å². The molecule has 15 nitrogen and oxygen atoms in total. The Kier molecular flexibility index (Phi) is 15.0. The number of aromatic nitrogens is 4. The highest BCUT2D eigenvalue weighted by atomic mass is 35.5. The Hall–Kier alpha value is -4.81. The van der Waals surface area contributed by atoms with E-state index < -0.39 is 16.1 Å². The average molecular weight is 888 g/mol. The number of benzene rings is 3. The number of carbonyl (C=O) groups excluding carboxylic acids is 1. The minimum atomic E-state index is -3.67. The molecule has 0 saturated carbocycles. The second-order valence-corrected chi connectivity index (χ2v) is 17.8. The fourth-order valence-corrected chi connectivity index (χ4v) is 9.66. The van der Waals surface area contributed by atoms with Crippen molar-refractivity contribution in [2.45, 2.75) is 57.9 Å². The van der Waals surface area contributed by atoms with E-state index in [1.165, 1.54) is 0 Å². The molecule has 2 aliphatic heterocycles. The quantitative estimate of drug-likeness (QED) is 0.0781. The number of hydrogen-bond acceptors (Lipinski definition) is 13. The number of aliphatic imine (C=N–C) groups is 1. The van der Waals surface area contributed by atoms with Crippen LogP contribution in [0.15, 0.2) is 75.1 Å². The van der Waals surface area contributed by atoms with Crippen molar-refractivity contribution >= 4 is 33.1 Å². The average Bonchev–Trinajstić information content (AvgIpc) is 3.78. The number of ketones is 1. The predicted molar refractivity (Wildman–Crippen MR) is 235 cm³/mol. The summed E-state index contributed by atoms with van der Waals surface area (Å²) in [5.74, 6) is 2.71. The molecule has 2 aliphatic rings. The molecule has 0 N–H and O–H groups in total. The maximum Gasteiger partial charge on any atom is 0.243 e. The topological polar surface area (TPSA) is 164 Å². The van der Waals surface area contributed by atoms with Crippen molar-refractivity contribution in [2.24, 2.45) is 4.99 Å². The summed E-state index contributed by atoms with van der Waals surface area (Å²) in [6, 6.07) is 18.2. The van der Waals surface area contributed by atoms with Crippen molar-refractivity contribution in [3.8, 4) is 22.6 Å². The van der Waals surface area contributed by atoms with Gasteiger partial charge in [0.05, 0.1) is 62.1 Å². The zero-order valence-electron chi connectivity index (χ0n) is 35.9. The van der Waals surface area contributed by atoms with Crippen LogP contribution in [0.2, 0.25) is 5.02 Å². The van der Waals surface area contributed by atoms with Gasteiger partial charge in [-0.05, 0) is 81.6 Å². The lowest BCUT2D eigenvalue weighted by atomic mass is 9.99. The maximum atomic E-state index is 13.7. The molecular weight excluding hydrogens is 834 g/mol. The zero-order valence-corrected chi connectivity index (χ0v) is 37.5. The molecule has 2 aromatic heterocycles. The van der Waals surface area contributed by atoms with Crippen LogP contribution in [0.1, 0.15) is 65.1 Å². The van der Waals surface area contributed by atoms with Crippen LogP contribution in [0.25, 0.3) is 16.8 Å². The SMILES string of the molecule is COc1ccc2c(c1)C(c1ccc(Cl)cc1)=N[C@@H](CC(=O)CCCOCCOCCOCCN1CCN(S(=O)(=O)c3cc(-c4c(C)noc4C)ccc3C)CC1)c1nnc(C)n1-2. The van der Waals surface area contributed by atoms with E-state index in [-0.39, 0.29) is 12.2 Å². The van der Waals surface area contributed by atoms with E-state index in [4.69, 9.17) is 40.1 Å². The summed E-state index contributed by atoms with van der Waals surface area (Å²) in [6.45, 7) is 12.8.